The molecule has 12 heteroatoms. The molecule has 35 heavy (non-hydrogen) atoms. The maximum atomic E-state index is 13.2. The van der Waals surface area contributed by atoms with Crippen molar-refractivity contribution in [1.29, 1.82) is 0 Å². The molecule has 0 aliphatic rings. The van der Waals surface area contributed by atoms with E-state index in [1.807, 2.05) is 6.07 Å². The van der Waals surface area contributed by atoms with Crippen LogP contribution in [0.2, 0.25) is 5.02 Å². The van der Waals surface area contributed by atoms with E-state index in [0.717, 1.165) is 6.26 Å². The average molecular weight is 553 g/mol. The second kappa shape index (κ2) is 9.75. The summed E-state index contributed by atoms with van der Waals surface area (Å²) < 4.78 is 62.9. The van der Waals surface area contributed by atoms with Crippen molar-refractivity contribution in [2.45, 2.75) is 18.4 Å². The lowest BCUT2D eigenvalue weighted by Crippen LogP contribution is -2.13. The Morgan fingerprint density at radius 1 is 1.06 bits per heavy atom. The zero-order valence-corrected chi connectivity index (χ0v) is 22.1. The number of rotatable bonds is 8. The van der Waals surface area contributed by atoms with Gasteiger partial charge in [0.15, 0.2) is 0 Å². The molecule has 8 nitrogen and oxygen atoms in total. The molecule has 0 amide bonds. The fourth-order valence-electron chi connectivity index (χ4n) is 3.53. The first-order chi connectivity index (χ1) is 16.5. The zero-order chi connectivity index (χ0) is 25.4. The van der Waals surface area contributed by atoms with Crippen molar-refractivity contribution in [3.05, 3.63) is 70.2 Å². The Labute approximate surface area is 212 Å². The molecule has 0 aliphatic carbocycles. The van der Waals surface area contributed by atoms with Crippen LogP contribution in [-0.2, 0) is 30.9 Å². The van der Waals surface area contributed by atoms with Gasteiger partial charge in [0.05, 0.1) is 23.9 Å². The van der Waals surface area contributed by atoms with Crippen LogP contribution in [0.15, 0.2) is 59.5 Å². The molecule has 0 saturated carbocycles. The minimum Gasteiger partial charge on any atom is -0.497 e. The number of sulfonamides is 1. The summed E-state index contributed by atoms with van der Waals surface area (Å²) in [6, 6.07) is 14.7. The summed E-state index contributed by atoms with van der Waals surface area (Å²) >= 11 is 7.24. The lowest BCUT2D eigenvalue weighted by molar-refractivity contribution is 0.315. The molecular weight excluding hydrogens is 532 g/mol. The molecule has 0 radical (unpaired) electrons. The number of fused-ring (bicyclic) bond motifs is 1. The predicted molar refractivity (Wildman–Crippen MR) is 138 cm³/mol. The first-order valence-electron chi connectivity index (χ1n) is 10.2. The van der Waals surface area contributed by atoms with E-state index in [0.29, 0.717) is 43.4 Å². The van der Waals surface area contributed by atoms with E-state index in [1.54, 1.807) is 43.3 Å². The highest BCUT2D eigenvalue weighted by atomic mass is 35.5. The van der Waals surface area contributed by atoms with Gasteiger partial charge in [0.2, 0.25) is 0 Å². The molecule has 2 heterocycles. The predicted octanol–water partition coefficient (Wildman–Crippen LogP) is 5.21. The van der Waals surface area contributed by atoms with Gasteiger partial charge in [0.25, 0.3) is 20.1 Å². The van der Waals surface area contributed by atoms with Gasteiger partial charge in [-0.15, -0.1) is 11.3 Å². The summed E-state index contributed by atoms with van der Waals surface area (Å²) in [5.41, 5.74) is 2.17. The number of halogens is 1. The Balaban J connectivity index is 1.95. The van der Waals surface area contributed by atoms with Crippen LogP contribution in [0.5, 0.6) is 5.75 Å². The van der Waals surface area contributed by atoms with Crippen molar-refractivity contribution in [3.8, 4) is 16.9 Å². The molecule has 4 rings (SSSR count). The molecule has 2 aromatic heterocycles. The monoisotopic (exact) mass is 552 g/mol. The number of ether oxygens (including phenoxy) is 1. The third kappa shape index (κ3) is 5.76. The number of nitrogens with one attached hydrogen (secondary N) is 1. The van der Waals surface area contributed by atoms with Gasteiger partial charge in [0, 0.05) is 26.5 Å². The number of pyridine rings is 1. The van der Waals surface area contributed by atoms with Crippen molar-refractivity contribution in [2.24, 2.45) is 0 Å². The fraction of sp³-hybridized carbons (Fsp3) is 0.174. The van der Waals surface area contributed by atoms with Gasteiger partial charge in [0.1, 0.15) is 17.2 Å². The van der Waals surface area contributed by atoms with Crippen LogP contribution < -0.4 is 9.46 Å². The summed E-state index contributed by atoms with van der Waals surface area (Å²) in [5, 5.41) is 0.809. The number of methoxy groups -OCH3 is 1. The van der Waals surface area contributed by atoms with Crippen LogP contribution >= 0.6 is 22.9 Å². The van der Waals surface area contributed by atoms with Gasteiger partial charge in [-0.3, -0.25) is 8.91 Å². The Kier molecular flexibility index (Phi) is 7.07. The van der Waals surface area contributed by atoms with Crippen molar-refractivity contribution in [2.75, 3.05) is 18.1 Å². The quantitative estimate of drug-likeness (QED) is 0.299. The van der Waals surface area contributed by atoms with Crippen LogP contribution in [0.25, 0.3) is 21.3 Å². The molecule has 2 aromatic carbocycles. The summed E-state index contributed by atoms with van der Waals surface area (Å²) in [6.45, 7) is 1.51. The maximum absolute atomic E-state index is 13.2. The van der Waals surface area contributed by atoms with Crippen molar-refractivity contribution < 1.29 is 25.8 Å². The Hall–Kier alpha value is -2.70. The lowest BCUT2D eigenvalue weighted by Gasteiger charge is -2.13. The van der Waals surface area contributed by atoms with E-state index in [9.17, 15) is 16.8 Å². The van der Waals surface area contributed by atoms with Gasteiger partial charge in [-0.2, -0.15) is 8.42 Å². The minimum absolute atomic E-state index is 0.00593. The van der Waals surface area contributed by atoms with Gasteiger partial charge < -0.3 is 4.74 Å². The van der Waals surface area contributed by atoms with Crippen LogP contribution in [0.3, 0.4) is 0 Å². The third-order valence-electron chi connectivity index (χ3n) is 4.98. The number of hydrogen-bond acceptors (Lipinski definition) is 8. The molecule has 1 N–H and O–H groups in total. The van der Waals surface area contributed by atoms with E-state index in [-0.39, 0.29) is 16.5 Å². The molecule has 0 unspecified atom stereocenters. The normalized spacial score (nSPS) is 12.1. The average Bonchev–Trinajstić information content (AvgIpc) is 3.15. The molecule has 184 valence electrons. The Morgan fingerprint density at radius 2 is 1.80 bits per heavy atom. The van der Waals surface area contributed by atoms with E-state index in [4.69, 9.17) is 20.5 Å². The van der Waals surface area contributed by atoms with E-state index < -0.39 is 20.1 Å². The van der Waals surface area contributed by atoms with Gasteiger partial charge in [-0.1, -0.05) is 29.8 Å². The molecule has 0 aliphatic heterocycles. The largest absolute Gasteiger partial charge is 0.497 e. The maximum Gasteiger partial charge on any atom is 0.264 e. The second-order valence-electron chi connectivity index (χ2n) is 7.65. The number of anilines is 1. The zero-order valence-electron chi connectivity index (χ0n) is 18.9. The SMILES string of the molecule is COc1cccc(-c2c(COS(C)(=O)=O)sc3nc(C)cc(NS(=O)(=O)c4cccc(Cl)c4)c23)c1. The number of aromatic nitrogens is 1. The van der Waals surface area contributed by atoms with E-state index >= 15 is 0 Å². The van der Waals surface area contributed by atoms with Crippen LogP contribution in [0.1, 0.15) is 10.6 Å². The molecule has 0 atom stereocenters. The van der Waals surface area contributed by atoms with Gasteiger partial charge >= 0.3 is 0 Å². The molecule has 0 spiro atoms. The Morgan fingerprint density at radius 3 is 2.49 bits per heavy atom. The number of aryl methyl sites for hydroxylation is 1. The smallest absolute Gasteiger partial charge is 0.264 e. The number of hydrogen-bond donors (Lipinski definition) is 1. The second-order valence-corrected chi connectivity index (χ2v) is 12.5. The van der Waals surface area contributed by atoms with Crippen LogP contribution in [0, 0.1) is 6.92 Å². The highest BCUT2D eigenvalue weighted by Crippen LogP contribution is 2.43. The summed E-state index contributed by atoms with van der Waals surface area (Å²) in [4.78, 5) is 5.68. The first kappa shape index (κ1) is 25.4. The van der Waals surface area contributed by atoms with E-state index in [1.165, 1.54) is 30.6 Å². The lowest BCUT2D eigenvalue weighted by atomic mass is 10.0. The number of nitrogens with zero attached hydrogens (tertiary/aromatic N) is 1. The molecule has 4 aromatic rings. The van der Waals surface area contributed by atoms with Crippen molar-refractivity contribution >= 4 is 59.0 Å². The highest BCUT2D eigenvalue weighted by molar-refractivity contribution is 7.92. The molecule has 0 bridgehead atoms. The number of benzene rings is 2. The number of thiophene rings is 1. The topological polar surface area (TPSA) is 112 Å². The van der Waals surface area contributed by atoms with Crippen LogP contribution in [-0.4, -0.2) is 35.2 Å². The van der Waals surface area contributed by atoms with Crippen molar-refractivity contribution in [3.63, 3.8) is 0 Å². The molecule has 0 fully saturated rings. The minimum atomic E-state index is -3.99. The fourth-order valence-corrected chi connectivity index (χ4v) is 6.48. The summed E-state index contributed by atoms with van der Waals surface area (Å²) in [7, 11) is -6.18. The molecule has 0 saturated heterocycles. The van der Waals surface area contributed by atoms with Gasteiger partial charge in [-0.05, 0) is 48.9 Å². The Bertz CT molecular complexity index is 1630. The van der Waals surface area contributed by atoms with E-state index in [2.05, 4.69) is 9.71 Å². The van der Waals surface area contributed by atoms with Gasteiger partial charge in [-0.25, -0.2) is 13.4 Å². The summed E-state index contributed by atoms with van der Waals surface area (Å²) in [6.07, 6.45) is 0.971. The highest BCUT2D eigenvalue weighted by Gasteiger charge is 2.23. The third-order valence-corrected chi connectivity index (χ3v) is 8.18. The van der Waals surface area contributed by atoms with Crippen LogP contribution in [0.4, 0.5) is 5.69 Å². The van der Waals surface area contributed by atoms with Crippen molar-refractivity contribution in [1.82, 2.24) is 4.98 Å². The summed E-state index contributed by atoms with van der Waals surface area (Å²) in [5.74, 6) is 0.581. The first-order valence-corrected chi connectivity index (χ1v) is 14.7. The standard InChI is InChI=1S/C23H21ClN2O6S3/c1-14-10-19(26-35(29,30)18-9-5-7-16(24)12-18)22-21(15-6-4-8-17(11-15)31-2)20(33-23(22)25-14)13-32-34(3,27)28/h4-12H,13H2,1-3H3,(H,25,26). The molecular formula is C23H21ClN2O6S3.